The summed E-state index contributed by atoms with van der Waals surface area (Å²) in [5.74, 6) is 0.974. The third-order valence-electron chi connectivity index (χ3n) is 3.84. The van der Waals surface area contributed by atoms with E-state index in [2.05, 4.69) is 37.6 Å². The van der Waals surface area contributed by atoms with Gasteiger partial charge in [0, 0.05) is 19.1 Å². The van der Waals surface area contributed by atoms with Gasteiger partial charge in [-0.2, -0.15) is 0 Å². The van der Waals surface area contributed by atoms with Crippen molar-refractivity contribution in [3.8, 4) is 0 Å². The van der Waals surface area contributed by atoms with E-state index < -0.39 is 0 Å². The van der Waals surface area contributed by atoms with E-state index in [1.54, 1.807) is 0 Å². The zero-order chi connectivity index (χ0) is 13.4. The van der Waals surface area contributed by atoms with Crippen molar-refractivity contribution in [1.82, 2.24) is 10.2 Å². The average molecular weight is 252 g/mol. The fourth-order valence-electron chi connectivity index (χ4n) is 2.80. The molecule has 1 heterocycles. The molecular formula is C16H32N2. The van der Waals surface area contributed by atoms with Crippen LogP contribution in [0.1, 0.15) is 52.9 Å². The minimum absolute atomic E-state index is 0.555. The van der Waals surface area contributed by atoms with Gasteiger partial charge >= 0.3 is 0 Å². The van der Waals surface area contributed by atoms with Gasteiger partial charge in [-0.25, -0.2) is 0 Å². The van der Waals surface area contributed by atoms with E-state index in [4.69, 9.17) is 0 Å². The van der Waals surface area contributed by atoms with Crippen molar-refractivity contribution < 1.29 is 0 Å². The van der Waals surface area contributed by atoms with Crippen LogP contribution in [0.2, 0.25) is 0 Å². The Kier molecular flexibility index (Phi) is 7.60. The number of hydrogen-bond acceptors (Lipinski definition) is 2. The first-order chi connectivity index (χ1) is 8.61. The number of likely N-dealkylation sites (tertiary alicyclic amines) is 1. The zero-order valence-corrected chi connectivity index (χ0v) is 12.7. The highest BCUT2D eigenvalue weighted by Gasteiger charge is 2.16. The summed E-state index contributed by atoms with van der Waals surface area (Å²) in [6, 6.07) is 0.555. The molecule has 0 aliphatic carbocycles. The Hall–Kier alpha value is -0.340. The van der Waals surface area contributed by atoms with Crippen molar-refractivity contribution in [3.05, 3.63) is 12.2 Å². The zero-order valence-electron chi connectivity index (χ0n) is 12.7. The summed E-state index contributed by atoms with van der Waals surface area (Å²) in [5, 5.41) is 3.45. The third-order valence-corrected chi connectivity index (χ3v) is 3.84. The molecule has 0 amide bonds. The van der Waals surface area contributed by atoms with Crippen molar-refractivity contribution in [2.24, 2.45) is 5.92 Å². The van der Waals surface area contributed by atoms with E-state index in [9.17, 15) is 0 Å². The molecule has 0 saturated carbocycles. The summed E-state index contributed by atoms with van der Waals surface area (Å²) in [7, 11) is 0. The van der Waals surface area contributed by atoms with Crippen LogP contribution >= 0.6 is 0 Å². The largest absolute Gasteiger partial charge is 0.311 e. The summed E-state index contributed by atoms with van der Waals surface area (Å²) >= 11 is 0. The van der Waals surface area contributed by atoms with Gasteiger partial charge in [-0.3, -0.25) is 4.90 Å². The van der Waals surface area contributed by atoms with Gasteiger partial charge in [-0.05, 0) is 43.8 Å². The van der Waals surface area contributed by atoms with E-state index in [1.165, 1.54) is 50.8 Å². The molecule has 2 heteroatoms. The first-order valence-corrected chi connectivity index (χ1v) is 7.74. The lowest BCUT2D eigenvalue weighted by Gasteiger charge is -2.22. The SMILES string of the molecule is C=C(CNC(C)C)CN1CCCC(CCC)CC1. The molecule has 2 nitrogen and oxygen atoms in total. The van der Waals surface area contributed by atoms with Gasteiger partial charge in [-0.1, -0.05) is 40.2 Å². The second kappa shape index (κ2) is 8.71. The topological polar surface area (TPSA) is 15.3 Å². The molecule has 1 unspecified atom stereocenters. The van der Waals surface area contributed by atoms with Gasteiger partial charge in [0.05, 0.1) is 0 Å². The predicted molar refractivity (Wildman–Crippen MR) is 81.0 cm³/mol. The Morgan fingerprint density at radius 3 is 2.78 bits per heavy atom. The normalized spacial score (nSPS) is 22.1. The minimum atomic E-state index is 0.555. The number of hydrogen-bond donors (Lipinski definition) is 1. The van der Waals surface area contributed by atoms with Gasteiger partial charge in [0.25, 0.3) is 0 Å². The molecule has 1 atom stereocenters. The maximum absolute atomic E-state index is 4.20. The molecule has 1 fully saturated rings. The van der Waals surface area contributed by atoms with Gasteiger partial charge < -0.3 is 5.32 Å². The van der Waals surface area contributed by atoms with Crippen LogP contribution < -0.4 is 5.32 Å². The standard InChI is InChI=1S/C16H32N2/c1-5-7-16-8-6-10-18(11-9-16)13-15(4)12-17-14(2)3/h14,16-17H,4-13H2,1-3H3. The van der Waals surface area contributed by atoms with Gasteiger partial charge in [0.2, 0.25) is 0 Å². The summed E-state index contributed by atoms with van der Waals surface area (Å²) in [6.45, 7) is 15.5. The lowest BCUT2D eigenvalue weighted by Crippen LogP contribution is -2.32. The van der Waals surface area contributed by atoms with Crippen molar-refractivity contribution >= 4 is 0 Å². The van der Waals surface area contributed by atoms with Crippen LogP contribution in [0, 0.1) is 5.92 Å². The molecule has 0 spiro atoms. The molecular weight excluding hydrogens is 220 g/mol. The maximum atomic E-state index is 4.20. The Morgan fingerprint density at radius 2 is 2.11 bits per heavy atom. The molecule has 0 radical (unpaired) electrons. The van der Waals surface area contributed by atoms with Crippen LogP contribution in [0.3, 0.4) is 0 Å². The molecule has 0 aromatic rings. The van der Waals surface area contributed by atoms with E-state index in [-0.39, 0.29) is 0 Å². The first-order valence-electron chi connectivity index (χ1n) is 7.74. The lowest BCUT2D eigenvalue weighted by molar-refractivity contribution is 0.299. The Labute approximate surface area is 114 Å². The Bertz CT molecular complexity index is 235. The molecule has 0 aromatic carbocycles. The van der Waals surface area contributed by atoms with Crippen LogP contribution in [0.4, 0.5) is 0 Å². The molecule has 1 aliphatic heterocycles. The van der Waals surface area contributed by atoms with Gasteiger partial charge in [0.15, 0.2) is 0 Å². The van der Waals surface area contributed by atoms with Crippen LogP contribution in [-0.4, -0.2) is 37.1 Å². The van der Waals surface area contributed by atoms with Crippen LogP contribution in [0.15, 0.2) is 12.2 Å². The van der Waals surface area contributed by atoms with Gasteiger partial charge in [-0.15, -0.1) is 0 Å². The predicted octanol–water partition coefficient (Wildman–Crippen LogP) is 3.44. The second-order valence-electron chi connectivity index (χ2n) is 6.15. The molecule has 1 saturated heterocycles. The molecule has 1 N–H and O–H groups in total. The molecule has 0 aromatic heterocycles. The van der Waals surface area contributed by atoms with Crippen molar-refractivity contribution in [1.29, 1.82) is 0 Å². The van der Waals surface area contributed by atoms with Gasteiger partial charge in [0.1, 0.15) is 0 Å². The average Bonchev–Trinajstić information content (AvgIpc) is 2.53. The monoisotopic (exact) mass is 252 g/mol. The Morgan fingerprint density at radius 1 is 1.33 bits per heavy atom. The highest BCUT2D eigenvalue weighted by molar-refractivity contribution is 5.00. The van der Waals surface area contributed by atoms with Crippen molar-refractivity contribution in [3.63, 3.8) is 0 Å². The fraction of sp³-hybridized carbons (Fsp3) is 0.875. The molecule has 106 valence electrons. The quantitative estimate of drug-likeness (QED) is 0.698. The number of nitrogens with one attached hydrogen (secondary N) is 1. The van der Waals surface area contributed by atoms with E-state index in [0.717, 1.165) is 19.0 Å². The van der Waals surface area contributed by atoms with Crippen LogP contribution in [-0.2, 0) is 0 Å². The summed E-state index contributed by atoms with van der Waals surface area (Å²) in [4.78, 5) is 2.60. The minimum Gasteiger partial charge on any atom is -0.311 e. The summed E-state index contributed by atoms with van der Waals surface area (Å²) in [5.41, 5.74) is 1.33. The van der Waals surface area contributed by atoms with Crippen LogP contribution in [0.25, 0.3) is 0 Å². The number of rotatable bonds is 7. The molecule has 0 bridgehead atoms. The second-order valence-corrected chi connectivity index (χ2v) is 6.15. The van der Waals surface area contributed by atoms with E-state index in [1.807, 2.05) is 0 Å². The first kappa shape index (κ1) is 15.7. The smallest absolute Gasteiger partial charge is 0.0202 e. The summed E-state index contributed by atoms with van der Waals surface area (Å²) in [6.07, 6.45) is 6.95. The third kappa shape index (κ3) is 6.55. The molecule has 1 aliphatic rings. The summed E-state index contributed by atoms with van der Waals surface area (Å²) < 4.78 is 0. The fourth-order valence-corrected chi connectivity index (χ4v) is 2.80. The molecule has 18 heavy (non-hydrogen) atoms. The van der Waals surface area contributed by atoms with E-state index in [0.29, 0.717) is 6.04 Å². The molecule has 1 rings (SSSR count). The maximum Gasteiger partial charge on any atom is 0.0202 e. The van der Waals surface area contributed by atoms with Crippen molar-refractivity contribution in [2.75, 3.05) is 26.2 Å². The Balaban J connectivity index is 2.24. The highest BCUT2D eigenvalue weighted by atomic mass is 15.1. The van der Waals surface area contributed by atoms with E-state index >= 15 is 0 Å². The van der Waals surface area contributed by atoms with Crippen molar-refractivity contribution in [2.45, 2.75) is 58.9 Å². The number of nitrogens with zero attached hydrogens (tertiary/aromatic N) is 1. The highest BCUT2D eigenvalue weighted by Crippen LogP contribution is 2.22. The lowest BCUT2D eigenvalue weighted by atomic mass is 9.96. The van der Waals surface area contributed by atoms with Crippen LogP contribution in [0.5, 0.6) is 0 Å².